The number of para-hydroxylation sites is 2. The van der Waals surface area contributed by atoms with E-state index in [1.807, 2.05) is 43.3 Å². The average Bonchev–Trinajstić information content (AvgIpc) is 2.75. The Morgan fingerprint density at radius 1 is 0.967 bits per heavy atom. The molecule has 0 unspecified atom stereocenters. The van der Waals surface area contributed by atoms with E-state index in [1.54, 1.807) is 36.4 Å². The van der Waals surface area contributed by atoms with Crippen LogP contribution in [0.15, 0.2) is 72.8 Å². The van der Waals surface area contributed by atoms with Crippen molar-refractivity contribution in [3.8, 4) is 11.5 Å². The highest BCUT2D eigenvalue weighted by Gasteiger charge is 2.14. The Morgan fingerprint density at radius 3 is 2.47 bits per heavy atom. The number of benzene rings is 3. The van der Waals surface area contributed by atoms with Gasteiger partial charge in [-0.3, -0.25) is 10.1 Å². The topological polar surface area (TPSA) is 59.6 Å². The number of aryl methyl sites for hydroxylation is 1. The number of hydrogen-bond acceptors (Lipinski definition) is 4. The number of nitrogens with one attached hydrogen (secondary N) is 2. The lowest BCUT2D eigenvalue weighted by atomic mass is 10.2. The summed E-state index contributed by atoms with van der Waals surface area (Å²) in [5.74, 6) is 0.847. The van der Waals surface area contributed by atoms with Gasteiger partial charge in [0.2, 0.25) is 0 Å². The molecule has 3 aromatic carbocycles. The molecule has 0 aliphatic carbocycles. The number of anilines is 1. The maximum absolute atomic E-state index is 12.7. The molecule has 0 heterocycles. The van der Waals surface area contributed by atoms with Crippen LogP contribution < -0.4 is 20.1 Å². The van der Waals surface area contributed by atoms with Crippen molar-refractivity contribution in [1.29, 1.82) is 0 Å². The maximum atomic E-state index is 12.7. The fourth-order valence-corrected chi connectivity index (χ4v) is 3.04. The summed E-state index contributed by atoms with van der Waals surface area (Å²) in [5.41, 5.74) is 2.07. The second kappa shape index (κ2) is 10.6. The third-order valence-electron chi connectivity index (χ3n) is 4.16. The monoisotopic (exact) mass is 440 g/mol. The van der Waals surface area contributed by atoms with Gasteiger partial charge in [-0.05, 0) is 61.1 Å². The summed E-state index contributed by atoms with van der Waals surface area (Å²) < 4.78 is 11.4. The van der Waals surface area contributed by atoms with Gasteiger partial charge in [-0.2, -0.15) is 0 Å². The van der Waals surface area contributed by atoms with E-state index in [-0.39, 0.29) is 11.0 Å². The number of thiocarbonyl (C=S) groups is 1. The van der Waals surface area contributed by atoms with E-state index < -0.39 is 0 Å². The minimum absolute atomic E-state index is 0.174. The zero-order valence-electron chi connectivity index (χ0n) is 16.4. The molecule has 7 heteroatoms. The molecule has 0 atom stereocenters. The predicted octanol–water partition coefficient (Wildman–Crippen LogP) is 5.23. The highest BCUT2D eigenvalue weighted by molar-refractivity contribution is 7.80. The summed E-state index contributed by atoms with van der Waals surface area (Å²) in [4.78, 5) is 12.7. The van der Waals surface area contributed by atoms with E-state index >= 15 is 0 Å². The molecule has 0 bridgehead atoms. The Bertz CT molecular complexity index is 1030. The number of carbonyl (C=O) groups excluding carboxylic acids is 1. The van der Waals surface area contributed by atoms with E-state index in [0.717, 1.165) is 17.0 Å². The van der Waals surface area contributed by atoms with E-state index in [4.69, 9.17) is 33.3 Å². The first-order valence-corrected chi connectivity index (χ1v) is 10.1. The second-order valence-electron chi connectivity index (χ2n) is 6.37. The Hall–Kier alpha value is -3.09. The molecule has 0 saturated carbocycles. The normalized spacial score (nSPS) is 10.2. The Morgan fingerprint density at radius 2 is 1.67 bits per heavy atom. The lowest BCUT2D eigenvalue weighted by molar-refractivity contribution is 0.0972. The molecule has 0 radical (unpaired) electrons. The van der Waals surface area contributed by atoms with Crippen molar-refractivity contribution in [1.82, 2.24) is 5.32 Å². The third-order valence-corrected chi connectivity index (χ3v) is 4.60. The van der Waals surface area contributed by atoms with Gasteiger partial charge in [-0.1, -0.05) is 48.0 Å². The molecular weight excluding hydrogens is 420 g/mol. The summed E-state index contributed by atoms with van der Waals surface area (Å²) in [7, 11) is 0. The van der Waals surface area contributed by atoms with Crippen LogP contribution in [0, 0.1) is 6.92 Å². The summed E-state index contributed by atoms with van der Waals surface area (Å²) in [6.45, 7) is 2.57. The molecule has 0 spiro atoms. The Kier molecular flexibility index (Phi) is 7.65. The van der Waals surface area contributed by atoms with Crippen LogP contribution in [-0.2, 0) is 0 Å². The standard InChI is InChI=1S/C23H21ClN2O3S/c1-16-11-12-17(24)15-20(16)25-23(30)26-22(27)19-9-5-6-10-21(19)29-14-13-28-18-7-3-2-4-8-18/h2-12,15H,13-14H2,1H3,(H2,25,26,27,30). The fourth-order valence-electron chi connectivity index (χ4n) is 2.66. The number of rotatable bonds is 7. The lowest BCUT2D eigenvalue weighted by Crippen LogP contribution is -2.34. The van der Waals surface area contributed by atoms with Crippen molar-refractivity contribution >= 4 is 40.5 Å². The van der Waals surface area contributed by atoms with Crippen molar-refractivity contribution < 1.29 is 14.3 Å². The largest absolute Gasteiger partial charge is 0.490 e. The SMILES string of the molecule is Cc1ccc(Cl)cc1NC(=S)NC(=O)c1ccccc1OCCOc1ccccc1. The van der Waals surface area contributed by atoms with Gasteiger partial charge in [0.05, 0.1) is 5.56 Å². The van der Waals surface area contributed by atoms with Crippen molar-refractivity contribution in [2.75, 3.05) is 18.5 Å². The molecule has 154 valence electrons. The Labute approximate surface area is 186 Å². The van der Waals surface area contributed by atoms with Gasteiger partial charge in [-0.25, -0.2) is 0 Å². The Balaban J connectivity index is 1.56. The van der Waals surface area contributed by atoms with Gasteiger partial charge in [0.15, 0.2) is 5.11 Å². The van der Waals surface area contributed by atoms with Crippen molar-refractivity contribution in [2.45, 2.75) is 6.92 Å². The van der Waals surface area contributed by atoms with Crippen molar-refractivity contribution in [2.24, 2.45) is 0 Å². The number of halogens is 1. The number of ether oxygens (including phenoxy) is 2. The van der Waals surface area contributed by atoms with Gasteiger partial charge >= 0.3 is 0 Å². The highest BCUT2D eigenvalue weighted by Crippen LogP contribution is 2.21. The molecule has 3 aromatic rings. The second-order valence-corrected chi connectivity index (χ2v) is 7.22. The highest BCUT2D eigenvalue weighted by atomic mass is 35.5. The van der Waals surface area contributed by atoms with Gasteiger partial charge in [0.25, 0.3) is 5.91 Å². The van der Waals surface area contributed by atoms with Gasteiger partial charge in [-0.15, -0.1) is 0 Å². The quantitative estimate of drug-likeness (QED) is 0.389. The molecule has 0 aliphatic rings. The summed E-state index contributed by atoms with van der Waals surface area (Å²) in [6.07, 6.45) is 0. The molecule has 0 fully saturated rings. The zero-order chi connectivity index (χ0) is 21.3. The smallest absolute Gasteiger partial charge is 0.261 e. The fraction of sp³-hybridized carbons (Fsp3) is 0.130. The van der Waals surface area contributed by atoms with Crippen LogP contribution in [0.25, 0.3) is 0 Å². The minimum atomic E-state index is -0.369. The average molecular weight is 441 g/mol. The number of amides is 1. The maximum Gasteiger partial charge on any atom is 0.261 e. The molecule has 5 nitrogen and oxygen atoms in total. The molecule has 30 heavy (non-hydrogen) atoms. The summed E-state index contributed by atoms with van der Waals surface area (Å²) >= 11 is 11.3. The summed E-state index contributed by atoms with van der Waals surface area (Å²) in [5, 5.41) is 6.42. The first-order valence-electron chi connectivity index (χ1n) is 9.31. The van der Waals surface area contributed by atoms with Crippen LogP contribution in [0.3, 0.4) is 0 Å². The van der Waals surface area contributed by atoms with Crippen LogP contribution in [0.2, 0.25) is 5.02 Å². The molecule has 2 N–H and O–H groups in total. The van der Waals surface area contributed by atoms with Crippen molar-refractivity contribution in [3.63, 3.8) is 0 Å². The van der Waals surface area contributed by atoms with Crippen LogP contribution in [0.5, 0.6) is 11.5 Å². The van der Waals surface area contributed by atoms with E-state index in [0.29, 0.717) is 29.5 Å². The van der Waals surface area contributed by atoms with Gasteiger partial charge < -0.3 is 14.8 Å². The summed E-state index contributed by atoms with van der Waals surface area (Å²) in [6, 6.07) is 21.9. The molecule has 0 saturated heterocycles. The zero-order valence-corrected chi connectivity index (χ0v) is 17.9. The molecule has 0 aliphatic heterocycles. The third kappa shape index (κ3) is 6.20. The predicted molar refractivity (Wildman–Crippen MR) is 124 cm³/mol. The number of carbonyl (C=O) groups is 1. The minimum Gasteiger partial charge on any atom is -0.490 e. The van der Waals surface area contributed by atoms with Gasteiger partial charge in [0.1, 0.15) is 24.7 Å². The first-order chi connectivity index (χ1) is 14.5. The first kappa shape index (κ1) is 21.6. The van der Waals surface area contributed by atoms with E-state index in [2.05, 4.69) is 10.6 Å². The van der Waals surface area contributed by atoms with Crippen LogP contribution in [0.1, 0.15) is 15.9 Å². The molecule has 0 aromatic heterocycles. The molecule has 3 rings (SSSR count). The van der Waals surface area contributed by atoms with Crippen molar-refractivity contribution in [3.05, 3.63) is 88.9 Å². The lowest BCUT2D eigenvalue weighted by Gasteiger charge is -2.14. The molecule has 1 amide bonds. The van der Waals surface area contributed by atoms with E-state index in [9.17, 15) is 4.79 Å². The van der Waals surface area contributed by atoms with Gasteiger partial charge in [0, 0.05) is 10.7 Å². The number of hydrogen-bond donors (Lipinski definition) is 2. The van der Waals surface area contributed by atoms with E-state index in [1.165, 1.54) is 0 Å². The molecular formula is C23H21ClN2O3S. The van der Waals surface area contributed by atoms with Crippen LogP contribution >= 0.6 is 23.8 Å². The van der Waals surface area contributed by atoms with Crippen LogP contribution in [0.4, 0.5) is 5.69 Å². The van der Waals surface area contributed by atoms with Crippen LogP contribution in [-0.4, -0.2) is 24.2 Å².